The molecule has 1 unspecified atom stereocenters. The van der Waals surface area contributed by atoms with E-state index in [-0.39, 0.29) is 23.0 Å². The first kappa shape index (κ1) is 26.6. The summed E-state index contributed by atoms with van der Waals surface area (Å²) >= 11 is 0. The van der Waals surface area contributed by atoms with E-state index in [4.69, 9.17) is 0 Å². The van der Waals surface area contributed by atoms with E-state index in [1.165, 1.54) is 24.3 Å². The van der Waals surface area contributed by atoms with Gasteiger partial charge in [-0.25, -0.2) is 4.68 Å². The number of nitriles is 1. The van der Waals surface area contributed by atoms with Gasteiger partial charge in [0.25, 0.3) is 5.91 Å². The Hall–Kier alpha value is -4.42. The van der Waals surface area contributed by atoms with E-state index in [0.717, 1.165) is 35.2 Å². The van der Waals surface area contributed by atoms with Gasteiger partial charge >= 0.3 is 6.18 Å². The van der Waals surface area contributed by atoms with Gasteiger partial charge in [-0.15, -0.1) is 0 Å². The van der Waals surface area contributed by atoms with Crippen LogP contribution in [0, 0.1) is 11.3 Å². The highest BCUT2D eigenvalue weighted by atomic mass is 19.4. The summed E-state index contributed by atoms with van der Waals surface area (Å²) in [7, 11) is 0. The fraction of sp³-hybridized carbons (Fsp3) is 0.207. The maximum atomic E-state index is 13.5. The third kappa shape index (κ3) is 6.28. The second kappa shape index (κ2) is 11.8. The fourth-order valence-corrected chi connectivity index (χ4v) is 4.07. The zero-order chi connectivity index (χ0) is 27.1. The van der Waals surface area contributed by atoms with Crippen molar-refractivity contribution in [3.63, 3.8) is 0 Å². The lowest BCUT2D eigenvalue weighted by atomic mass is 9.98. The van der Waals surface area contributed by atoms with E-state index in [2.05, 4.69) is 22.7 Å². The number of hydrogen-bond donors (Lipinski definition) is 2. The minimum absolute atomic E-state index is 0.129. The molecule has 0 aliphatic carbocycles. The average molecular weight is 518 g/mol. The van der Waals surface area contributed by atoms with Crippen molar-refractivity contribution in [2.24, 2.45) is 0 Å². The third-order valence-corrected chi connectivity index (χ3v) is 5.94. The summed E-state index contributed by atoms with van der Waals surface area (Å²) in [5.74, 6) is -0.761. The predicted octanol–water partition coefficient (Wildman–Crippen LogP) is 6.49. The van der Waals surface area contributed by atoms with Crippen LogP contribution in [0.25, 0.3) is 5.69 Å². The van der Waals surface area contributed by atoms with Crippen LogP contribution in [-0.4, -0.2) is 22.2 Å². The van der Waals surface area contributed by atoms with Crippen molar-refractivity contribution in [3.05, 3.63) is 113 Å². The summed E-state index contributed by atoms with van der Waals surface area (Å²) in [6.07, 6.45) is -2.71. The summed E-state index contributed by atoms with van der Waals surface area (Å²) in [5.41, 5.74) is 1.27. The molecule has 6 nitrogen and oxygen atoms in total. The molecule has 0 fully saturated rings. The molecule has 1 amide bonds. The van der Waals surface area contributed by atoms with Gasteiger partial charge in [0.15, 0.2) is 5.69 Å². The summed E-state index contributed by atoms with van der Waals surface area (Å²) in [6, 6.07) is 25.5. The number of unbranched alkanes of at least 4 members (excludes halogenated alkanes) is 1. The lowest BCUT2D eigenvalue weighted by Gasteiger charge is -2.21. The second-order valence-corrected chi connectivity index (χ2v) is 8.72. The largest absolute Gasteiger partial charge is 0.435 e. The molecule has 0 radical (unpaired) electrons. The average Bonchev–Trinajstić information content (AvgIpc) is 3.39. The molecule has 0 bridgehead atoms. The quantitative estimate of drug-likeness (QED) is 0.249. The van der Waals surface area contributed by atoms with Crippen molar-refractivity contribution in [3.8, 4) is 11.8 Å². The van der Waals surface area contributed by atoms with Crippen LogP contribution in [0.1, 0.15) is 58.7 Å². The van der Waals surface area contributed by atoms with Crippen LogP contribution < -0.4 is 10.6 Å². The highest BCUT2D eigenvalue weighted by Gasteiger charge is 2.36. The molecule has 4 aromatic rings. The van der Waals surface area contributed by atoms with E-state index in [0.29, 0.717) is 11.8 Å². The molecule has 1 atom stereocenters. The minimum atomic E-state index is -4.75. The van der Waals surface area contributed by atoms with E-state index < -0.39 is 17.8 Å². The van der Waals surface area contributed by atoms with Crippen molar-refractivity contribution < 1.29 is 18.0 Å². The number of carbonyl (C=O) groups excluding carboxylic acids is 1. The third-order valence-electron chi connectivity index (χ3n) is 5.94. The highest BCUT2D eigenvalue weighted by Crippen LogP contribution is 2.30. The van der Waals surface area contributed by atoms with Gasteiger partial charge in [0.1, 0.15) is 5.69 Å². The first-order valence-corrected chi connectivity index (χ1v) is 12.2. The maximum Gasteiger partial charge on any atom is 0.435 e. The Morgan fingerprint density at radius 3 is 2.45 bits per heavy atom. The van der Waals surface area contributed by atoms with Gasteiger partial charge in [-0.2, -0.15) is 23.5 Å². The molecule has 38 heavy (non-hydrogen) atoms. The molecule has 0 saturated heterocycles. The van der Waals surface area contributed by atoms with Crippen molar-refractivity contribution in [2.45, 2.75) is 32.0 Å². The van der Waals surface area contributed by atoms with Crippen molar-refractivity contribution in [1.82, 2.24) is 15.1 Å². The van der Waals surface area contributed by atoms with Gasteiger partial charge in [0, 0.05) is 11.8 Å². The lowest BCUT2D eigenvalue weighted by molar-refractivity contribution is -0.141. The highest BCUT2D eigenvalue weighted by molar-refractivity contribution is 6.03. The number of rotatable bonds is 9. The molecule has 3 aromatic carbocycles. The SMILES string of the molecule is CCCCNC(c1ccccc1)c1cccc(NC(=O)c2cc(C(F)(F)F)nn2-c2cccc(C#N)c2)c1. The number of alkyl halides is 3. The summed E-state index contributed by atoms with van der Waals surface area (Å²) in [6.45, 7) is 2.91. The zero-order valence-corrected chi connectivity index (χ0v) is 20.7. The number of aromatic nitrogens is 2. The van der Waals surface area contributed by atoms with Gasteiger partial charge in [0.05, 0.1) is 23.4 Å². The number of amides is 1. The number of carbonyl (C=O) groups is 1. The number of hydrogen-bond acceptors (Lipinski definition) is 4. The van der Waals surface area contributed by atoms with E-state index in [1.54, 1.807) is 18.2 Å². The molecule has 0 aliphatic heterocycles. The molecular formula is C29H26F3N5O. The molecule has 1 aromatic heterocycles. The smallest absolute Gasteiger partial charge is 0.321 e. The number of halogens is 3. The second-order valence-electron chi connectivity index (χ2n) is 8.72. The van der Waals surface area contributed by atoms with Gasteiger partial charge in [-0.1, -0.05) is 61.9 Å². The number of nitrogens with zero attached hydrogens (tertiary/aromatic N) is 3. The Bertz CT molecular complexity index is 1440. The van der Waals surface area contributed by atoms with Crippen LogP contribution in [0.3, 0.4) is 0 Å². The fourth-order valence-electron chi connectivity index (χ4n) is 4.07. The number of benzene rings is 3. The van der Waals surface area contributed by atoms with Crippen molar-refractivity contribution >= 4 is 11.6 Å². The normalized spacial score (nSPS) is 12.1. The van der Waals surface area contributed by atoms with E-state index in [1.807, 2.05) is 42.5 Å². The number of nitrogens with one attached hydrogen (secondary N) is 2. The molecule has 4 rings (SSSR count). The monoisotopic (exact) mass is 517 g/mol. The van der Waals surface area contributed by atoms with Gasteiger partial charge in [0.2, 0.25) is 0 Å². The van der Waals surface area contributed by atoms with E-state index in [9.17, 15) is 23.2 Å². The number of anilines is 1. The first-order valence-electron chi connectivity index (χ1n) is 12.2. The lowest BCUT2D eigenvalue weighted by Crippen LogP contribution is -2.24. The molecule has 2 N–H and O–H groups in total. The summed E-state index contributed by atoms with van der Waals surface area (Å²) in [5, 5.41) is 19.1. The molecule has 1 heterocycles. The molecule has 0 aliphatic rings. The van der Waals surface area contributed by atoms with Crippen LogP contribution in [0.15, 0.2) is 84.9 Å². The van der Waals surface area contributed by atoms with Crippen LogP contribution in [0.4, 0.5) is 18.9 Å². The molecule has 0 saturated carbocycles. The van der Waals surface area contributed by atoms with E-state index >= 15 is 0 Å². The first-order chi connectivity index (χ1) is 18.3. The van der Waals surface area contributed by atoms with Crippen molar-refractivity contribution in [2.75, 3.05) is 11.9 Å². The maximum absolute atomic E-state index is 13.5. The van der Waals surface area contributed by atoms with Crippen LogP contribution in [0.5, 0.6) is 0 Å². The molecule has 9 heteroatoms. The van der Waals surface area contributed by atoms with Gasteiger partial charge in [-0.3, -0.25) is 4.79 Å². The Morgan fingerprint density at radius 1 is 1.00 bits per heavy atom. The summed E-state index contributed by atoms with van der Waals surface area (Å²) < 4.78 is 41.4. The zero-order valence-electron chi connectivity index (χ0n) is 20.7. The van der Waals surface area contributed by atoms with Gasteiger partial charge < -0.3 is 10.6 Å². The van der Waals surface area contributed by atoms with Crippen LogP contribution in [-0.2, 0) is 6.18 Å². The Labute approximate surface area is 218 Å². The Balaban J connectivity index is 1.66. The predicted molar refractivity (Wildman–Crippen MR) is 139 cm³/mol. The standard InChI is InChI=1S/C29H26F3N5O/c1-2-3-15-34-27(21-10-5-4-6-11-21)22-12-8-13-23(17-22)35-28(38)25-18-26(29(30,31)32)36-37(25)24-14-7-9-20(16-24)19-33/h4-14,16-18,27,34H,2-3,15H2,1H3,(H,35,38). The van der Waals surface area contributed by atoms with Crippen LogP contribution >= 0.6 is 0 Å². The minimum Gasteiger partial charge on any atom is -0.321 e. The Morgan fingerprint density at radius 2 is 1.74 bits per heavy atom. The van der Waals surface area contributed by atoms with Crippen LogP contribution in [0.2, 0.25) is 0 Å². The van der Waals surface area contributed by atoms with Crippen molar-refractivity contribution in [1.29, 1.82) is 5.26 Å². The Kier molecular flexibility index (Phi) is 8.24. The summed E-state index contributed by atoms with van der Waals surface area (Å²) in [4.78, 5) is 13.2. The molecule has 0 spiro atoms. The topological polar surface area (TPSA) is 82.7 Å². The molecule has 194 valence electrons. The van der Waals surface area contributed by atoms with Gasteiger partial charge in [-0.05, 0) is 54.4 Å². The molecular weight excluding hydrogens is 491 g/mol.